The van der Waals surface area contributed by atoms with Crippen LogP contribution in [0.25, 0.3) is 0 Å². The zero-order chi connectivity index (χ0) is 55.3. The number of nitrogens with two attached hydrogens (primary N) is 2. The molecular formula is C36H82B2Cl14F8N4P4Ru2. The molecule has 0 spiro atoms. The quantitative estimate of drug-likeness (QED) is 0.0186. The van der Waals surface area contributed by atoms with Gasteiger partial charge in [0, 0.05) is 0 Å². The third-order valence-corrected chi connectivity index (χ3v) is 21.1. The molecule has 0 saturated carbocycles. The van der Waals surface area contributed by atoms with Gasteiger partial charge in [-0.15, -0.1) is 31.7 Å². The summed E-state index contributed by atoms with van der Waals surface area (Å²) in [4.78, 5) is 0. The van der Waals surface area contributed by atoms with Gasteiger partial charge in [0.2, 0.25) is 0 Å². The van der Waals surface area contributed by atoms with Crippen molar-refractivity contribution in [3.05, 3.63) is 0 Å². The molecule has 0 aromatic carbocycles. The third kappa shape index (κ3) is 135. The van der Waals surface area contributed by atoms with Gasteiger partial charge in [-0.2, -0.15) is 0 Å². The monoisotopic (exact) mass is 1560 g/mol. The summed E-state index contributed by atoms with van der Waals surface area (Å²) in [5, 5.41) is 7.40. The molecule has 0 rings (SSSR count). The van der Waals surface area contributed by atoms with E-state index in [1.165, 1.54) is 50.8 Å². The summed E-state index contributed by atoms with van der Waals surface area (Å²) in [6.45, 7) is 43.2. The average molecular weight is 1570 g/mol. The van der Waals surface area contributed by atoms with Crippen molar-refractivity contribution in [3.8, 4) is 0 Å². The molecule has 0 fully saturated rings. The minimum absolute atomic E-state index is 0. The maximum Gasteiger partial charge on any atom is 2.00 e. The molecule has 0 aromatic heterocycles. The van der Waals surface area contributed by atoms with E-state index in [4.69, 9.17) is 139 Å². The van der Waals surface area contributed by atoms with Crippen LogP contribution in [-0.2, 0) is 39.0 Å². The van der Waals surface area contributed by atoms with E-state index in [1.807, 2.05) is 0 Å². The molecule has 0 radical (unpaired) electrons. The molecule has 6 N–H and O–H groups in total. The van der Waals surface area contributed by atoms with E-state index in [2.05, 4.69) is 133 Å². The van der Waals surface area contributed by atoms with Crippen molar-refractivity contribution in [1.82, 2.24) is 10.6 Å². The van der Waals surface area contributed by atoms with Crippen LogP contribution in [0.15, 0.2) is 0 Å². The maximum atomic E-state index is 9.75. The molecule has 0 unspecified atom stereocenters. The van der Waals surface area contributed by atoms with Crippen LogP contribution in [0.3, 0.4) is 0 Å². The van der Waals surface area contributed by atoms with Gasteiger partial charge in [0.25, 0.3) is 0 Å². The summed E-state index contributed by atoms with van der Waals surface area (Å²) < 4.78 is 75.0. The van der Waals surface area contributed by atoms with Crippen LogP contribution in [0, 0.1) is 0 Å². The van der Waals surface area contributed by atoms with Gasteiger partial charge in [0.15, 0.2) is 17.2 Å². The molecule has 70 heavy (non-hydrogen) atoms. The van der Waals surface area contributed by atoms with Gasteiger partial charge < -0.3 is 70.0 Å². The Hall–Kier alpha value is 6.44. The zero-order valence-electron chi connectivity index (χ0n) is 42.7. The van der Waals surface area contributed by atoms with Crippen molar-refractivity contribution >= 4 is 185 Å². The first-order valence-electron chi connectivity index (χ1n) is 20.7. The summed E-state index contributed by atoms with van der Waals surface area (Å²) in [5.41, 5.74) is 7.00. The van der Waals surface area contributed by atoms with Crippen molar-refractivity contribution in [2.45, 2.75) is 173 Å². The fourth-order valence-corrected chi connectivity index (χ4v) is 16.1. The summed E-state index contributed by atoms with van der Waals surface area (Å²) in [5.74, 6) is 8.00. The Morgan fingerprint density at radius 2 is 0.386 bits per heavy atom. The SMILES string of the molecule is CC(C)P(CCNCCP(C(C)C)C(C)C)C(C)C.CC(C)P(CCNCCP(C(C)C)C(C)C)C(C)C.ClC(Cl)Cl.ClC(Cl)Cl.ClC(Cl)Cl.ClC(Cl)Cl.F[B-](F)(F)F.F[B-](F)(F)F.NN.[Cl-].[Cl-].[Ru+2].[Ru+2]. The fourth-order valence-electron chi connectivity index (χ4n) is 5.53. The minimum atomic E-state index is -6.00. The standard InChI is InChI=1S/2C16H37NP2.4CHCl3.2BF4.2ClH.H4N2.2Ru/c2*1-13(2)18(14(3)4)11-9-17-10-12-19(15(5)6)16(7)8;4*2-1(3)4;2*2-1(3,4)5;;;1-2;;/h2*13-17H,9-12H2,1-8H3;4*1H;;;2*1H;1-2H2;;/q;;;;;;2*-1;;;;2*+2/p-2. The van der Waals surface area contributed by atoms with Gasteiger partial charge in [-0.25, -0.2) is 0 Å². The Balaban J connectivity index is -0.0000000531. The second kappa shape index (κ2) is 71.5. The van der Waals surface area contributed by atoms with Crippen molar-refractivity contribution in [1.29, 1.82) is 0 Å². The predicted octanol–water partition coefficient (Wildman–Crippen LogP) is 13.7. The van der Waals surface area contributed by atoms with Crippen LogP contribution >= 0.6 is 171 Å². The molecule has 0 aromatic rings. The average Bonchev–Trinajstić information content (AvgIpc) is 3.04. The fraction of sp³-hybridized carbons (Fsp3) is 1.00. The Morgan fingerprint density at radius 1 is 0.314 bits per heavy atom. The summed E-state index contributed by atoms with van der Waals surface area (Å²) in [7, 11) is -11.2. The Kier molecular flexibility index (Phi) is 110. The molecule has 34 heteroatoms. The van der Waals surface area contributed by atoms with Crippen molar-refractivity contribution in [2.24, 2.45) is 11.7 Å². The molecule has 442 valence electrons. The first-order chi connectivity index (χ1) is 29.5. The second-order valence-electron chi connectivity index (χ2n) is 15.2. The van der Waals surface area contributed by atoms with Crippen LogP contribution in [0.1, 0.15) is 111 Å². The largest absolute Gasteiger partial charge is 2.00 e. The molecular weight excluding hydrogens is 1480 g/mol. The van der Waals surface area contributed by atoms with Crippen LogP contribution in [0.4, 0.5) is 34.5 Å². The van der Waals surface area contributed by atoms with Crippen LogP contribution in [0.5, 0.6) is 0 Å². The van der Waals surface area contributed by atoms with E-state index in [0.29, 0.717) is 0 Å². The van der Waals surface area contributed by atoms with Gasteiger partial charge in [-0.3, -0.25) is 11.7 Å². The predicted molar refractivity (Wildman–Crippen MR) is 308 cm³/mol. The normalized spacial score (nSPS) is 10.9. The Morgan fingerprint density at radius 3 is 0.443 bits per heavy atom. The van der Waals surface area contributed by atoms with Crippen LogP contribution in [-0.4, -0.2) is 128 Å². The van der Waals surface area contributed by atoms with E-state index < -0.39 is 31.7 Å². The van der Waals surface area contributed by atoms with Gasteiger partial charge in [-0.05, 0) is 96.1 Å². The van der Waals surface area contributed by atoms with Gasteiger partial charge in [-0.1, -0.05) is 250 Å². The molecule has 0 bridgehead atoms. The van der Waals surface area contributed by atoms with E-state index in [0.717, 1.165) is 45.3 Å². The summed E-state index contributed by atoms with van der Waals surface area (Å²) >= 11 is 57.7. The number of hydrogen-bond acceptors (Lipinski definition) is 4. The van der Waals surface area contributed by atoms with Crippen molar-refractivity contribution in [2.75, 3.05) is 50.8 Å². The first-order valence-corrected chi connectivity index (χ1v) is 32.6. The number of rotatable bonds is 20. The maximum absolute atomic E-state index is 9.75. The summed E-state index contributed by atoms with van der Waals surface area (Å²) in [6.07, 6.45) is 5.58. The Labute approximate surface area is 524 Å². The molecule has 0 saturated heterocycles. The number of alkyl halides is 12. The number of hydrazine groups is 1. The van der Waals surface area contributed by atoms with Gasteiger partial charge >= 0.3 is 53.5 Å². The zero-order valence-corrected chi connectivity index (χ0v) is 60.3. The van der Waals surface area contributed by atoms with E-state index >= 15 is 0 Å². The molecule has 0 aliphatic heterocycles. The smallest absolute Gasteiger partial charge is 1.00 e. The Bertz CT molecular complexity index is 780. The van der Waals surface area contributed by atoms with Crippen LogP contribution < -0.4 is 47.1 Å². The molecule has 0 amide bonds. The van der Waals surface area contributed by atoms with E-state index in [9.17, 15) is 34.5 Å². The minimum Gasteiger partial charge on any atom is -1.00 e. The van der Waals surface area contributed by atoms with Gasteiger partial charge in [0.05, 0.1) is 0 Å². The third-order valence-electron chi connectivity index (χ3n) is 7.49. The van der Waals surface area contributed by atoms with Crippen LogP contribution in [0.2, 0.25) is 0 Å². The number of hydrogen-bond donors (Lipinski definition) is 4. The van der Waals surface area contributed by atoms with E-state index in [1.54, 1.807) is 0 Å². The van der Waals surface area contributed by atoms with Crippen molar-refractivity contribution in [3.63, 3.8) is 0 Å². The molecule has 0 aliphatic rings. The molecule has 0 heterocycles. The summed E-state index contributed by atoms with van der Waals surface area (Å²) in [6, 6.07) is 0. The topological polar surface area (TPSA) is 76.1 Å². The molecule has 4 nitrogen and oxygen atoms in total. The van der Waals surface area contributed by atoms with E-state index in [-0.39, 0.29) is 95.5 Å². The number of halogens is 22. The number of nitrogens with one attached hydrogen (secondary N) is 2. The first kappa shape index (κ1) is 108. The second-order valence-corrected chi connectivity index (χ2v) is 37.3. The molecule has 0 aliphatic carbocycles. The van der Waals surface area contributed by atoms with Crippen molar-refractivity contribution < 1.29 is 98.3 Å². The van der Waals surface area contributed by atoms with Gasteiger partial charge in [0.1, 0.15) is 0 Å². The molecule has 0 atom stereocenters.